The molecule has 2 aromatic carbocycles. The molecule has 2 aliphatic rings. The van der Waals surface area contributed by atoms with Crippen LogP contribution in [0.25, 0.3) is 16.6 Å². The molecule has 4 heterocycles. The van der Waals surface area contributed by atoms with Crippen molar-refractivity contribution in [2.75, 3.05) is 13.1 Å². The fourth-order valence-electron chi connectivity index (χ4n) is 5.56. The van der Waals surface area contributed by atoms with Crippen LogP contribution in [0.15, 0.2) is 95.4 Å². The summed E-state index contributed by atoms with van der Waals surface area (Å²) in [5, 5.41) is 10.4. The second-order valence-corrected chi connectivity index (χ2v) is 10.8. The van der Waals surface area contributed by atoms with Crippen LogP contribution in [0.4, 0.5) is 0 Å². The number of hydrogen-bond acceptors (Lipinski definition) is 4. The lowest BCUT2D eigenvalue weighted by Gasteiger charge is -2.34. The molecule has 38 heavy (non-hydrogen) atoms. The van der Waals surface area contributed by atoms with Crippen LogP contribution in [-0.2, 0) is 13.0 Å². The van der Waals surface area contributed by atoms with Gasteiger partial charge in [-0.3, -0.25) is 9.78 Å². The third kappa shape index (κ3) is 5.03. The topological polar surface area (TPSA) is 63.1 Å². The van der Waals surface area contributed by atoms with Crippen LogP contribution in [0.3, 0.4) is 0 Å². The lowest BCUT2D eigenvalue weighted by atomic mass is 9.88. The highest BCUT2D eigenvalue weighted by Gasteiger charge is 2.28. The first kappa shape index (κ1) is 24.6. The highest BCUT2D eigenvalue weighted by Crippen LogP contribution is 2.31. The van der Waals surface area contributed by atoms with Gasteiger partial charge in [0.1, 0.15) is 5.82 Å². The normalized spacial score (nSPS) is 20.4. The van der Waals surface area contributed by atoms with E-state index in [9.17, 15) is 4.79 Å². The van der Waals surface area contributed by atoms with Gasteiger partial charge in [0, 0.05) is 43.5 Å². The highest BCUT2D eigenvalue weighted by molar-refractivity contribution is 9.10. The first-order valence-electron chi connectivity index (χ1n) is 13.2. The molecule has 192 valence electrons. The van der Waals surface area contributed by atoms with Crippen molar-refractivity contribution >= 4 is 38.4 Å². The van der Waals surface area contributed by atoms with E-state index in [4.69, 9.17) is 0 Å². The Labute approximate surface area is 231 Å². The maximum absolute atomic E-state index is 13.7. The Kier molecular flexibility index (Phi) is 7.10. The van der Waals surface area contributed by atoms with E-state index >= 15 is 0 Å². The van der Waals surface area contributed by atoms with E-state index < -0.39 is 0 Å². The summed E-state index contributed by atoms with van der Waals surface area (Å²) in [6.45, 7) is 2.16. The van der Waals surface area contributed by atoms with Gasteiger partial charge in [0.25, 0.3) is 5.91 Å². The first-order chi connectivity index (χ1) is 18.7. The Bertz CT molecular complexity index is 1520. The number of nitrogens with zero attached hydrogens (tertiary/aromatic N) is 4. The molecule has 4 aromatic rings. The number of halogens is 1. The summed E-state index contributed by atoms with van der Waals surface area (Å²) in [6, 6.07) is 18.2. The first-order valence-corrected chi connectivity index (χ1v) is 14.0. The molecule has 2 aromatic heterocycles. The Morgan fingerprint density at radius 2 is 1.97 bits per heavy atom. The molecule has 0 aliphatic carbocycles. The van der Waals surface area contributed by atoms with E-state index in [0.29, 0.717) is 6.54 Å². The molecule has 1 atom stereocenters. The minimum atomic E-state index is 0.121. The Hall–Kier alpha value is -3.71. The summed E-state index contributed by atoms with van der Waals surface area (Å²) in [6.07, 6.45) is 14.0. The lowest BCUT2D eigenvalue weighted by molar-refractivity contribution is 0.0694. The summed E-state index contributed by atoms with van der Waals surface area (Å²) >= 11 is 3.68. The minimum absolute atomic E-state index is 0.121. The second-order valence-electron chi connectivity index (χ2n) is 9.96. The van der Waals surface area contributed by atoms with Crippen LogP contribution in [0.5, 0.6) is 0 Å². The van der Waals surface area contributed by atoms with Crippen molar-refractivity contribution in [2.24, 2.45) is 5.92 Å². The molecular weight excluding hydrogens is 538 g/mol. The van der Waals surface area contributed by atoms with Crippen LogP contribution < -0.4 is 5.32 Å². The average Bonchev–Trinajstić information content (AvgIpc) is 3.31. The van der Waals surface area contributed by atoms with Gasteiger partial charge in [0.05, 0.1) is 16.4 Å². The highest BCUT2D eigenvalue weighted by atomic mass is 79.9. The fourth-order valence-corrected chi connectivity index (χ4v) is 6.02. The number of amides is 1. The predicted molar refractivity (Wildman–Crippen MR) is 154 cm³/mol. The number of allylic oxidation sites excluding steroid dienone is 2. The van der Waals surface area contributed by atoms with Crippen LogP contribution in [-0.4, -0.2) is 38.7 Å². The number of benzene rings is 2. The molecule has 2 aliphatic heterocycles. The number of hydrogen-bond donors (Lipinski definition) is 1. The number of piperidine rings is 1. The SMILES string of the molecule is O=C(c1cccc2ccccc12)N1CCCC(C2=C\CCc3c(Br)cnn3/C(NCc3cccnc3)=C\2)C1. The van der Waals surface area contributed by atoms with E-state index in [1.54, 1.807) is 6.20 Å². The van der Waals surface area contributed by atoms with Gasteiger partial charge in [-0.25, -0.2) is 4.68 Å². The van der Waals surface area contributed by atoms with E-state index in [-0.39, 0.29) is 11.8 Å². The zero-order valence-electron chi connectivity index (χ0n) is 21.2. The van der Waals surface area contributed by atoms with Crippen LogP contribution in [0, 0.1) is 5.92 Å². The fraction of sp³-hybridized carbons (Fsp3) is 0.258. The molecule has 7 heteroatoms. The predicted octanol–water partition coefficient (Wildman–Crippen LogP) is 6.21. The van der Waals surface area contributed by atoms with Gasteiger partial charge >= 0.3 is 0 Å². The summed E-state index contributed by atoms with van der Waals surface area (Å²) in [4.78, 5) is 20.0. The summed E-state index contributed by atoms with van der Waals surface area (Å²) in [5.41, 5.74) is 4.32. The molecule has 1 saturated heterocycles. The molecule has 0 spiro atoms. The van der Waals surface area contributed by atoms with Gasteiger partial charge in [-0.2, -0.15) is 5.10 Å². The molecule has 6 rings (SSSR count). The van der Waals surface area contributed by atoms with Crippen molar-refractivity contribution in [1.82, 2.24) is 25.0 Å². The van der Waals surface area contributed by atoms with Crippen molar-refractivity contribution in [1.29, 1.82) is 0 Å². The molecule has 0 saturated carbocycles. The van der Waals surface area contributed by atoms with Gasteiger partial charge in [0.15, 0.2) is 0 Å². The Balaban J connectivity index is 1.27. The van der Waals surface area contributed by atoms with Crippen molar-refractivity contribution in [3.8, 4) is 0 Å². The van der Waals surface area contributed by atoms with Gasteiger partial charge in [-0.15, -0.1) is 0 Å². The number of carbonyl (C=O) groups excluding carboxylic acids is 1. The van der Waals surface area contributed by atoms with E-state index in [1.807, 2.05) is 58.4 Å². The maximum atomic E-state index is 13.7. The van der Waals surface area contributed by atoms with Crippen molar-refractivity contribution in [2.45, 2.75) is 32.2 Å². The number of pyridine rings is 1. The molecule has 1 amide bonds. The third-order valence-electron chi connectivity index (χ3n) is 7.51. The van der Waals surface area contributed by atoms with E-state index in [1.165, 1.54) is 5.57 Å². The minimum Gasteiger partial charge on any atom is -0.366 e. The smallest absolute Gasteiger partial charge is 0.254 e. The maximum Gasteiger partial charge on any atom is 0.254 e. The monoisotopic (exact) mass is 567 g/mol. The number of aromatic nitrogens is 3. The molecule has 1 N–H and O–H groups in total. The second kappa shape index (κ2) is 11.0. The number of rotatable bonds is 5. The van der Waals surface area contributed by atoms with Crippen molar-refractivity contribution in [3.05, 3.63) is 112 Å². The van der Waals surface area contributed by atoms with Gasteiger partial charge in [-0.05, 0) is 81.7 Å². The third-order valence-corrected chi connectivity index (χ3v) is 8.17. The van der Waals surface area contributed by atoms with E-state index in [2.05, 4.69) is 61.7 Å². The number of nitrogens with one attached hydrogen (secondary N) is 1. The number of carbonyl (C=O) groups is 1. The van der Waals surface area contributed by atoms with Gasteiger partial charge in [-0.1, -0.05) is 48.5 Å². The van der Waals surface area contributed by atoms with Crippen LogP contribution in [0.2, 0.25) is 0 Å². The lowest BCUT2D eigenvalue weighted by Crippen LogP contribution is -2.40. The molecule has 0 radical (unpaired) electrons. The van der Waals surface area contributed by atoms with Crippen molar-refractivity contribution < 1.29 is 4.79 Å². The van der Waals surface area contributed by atoms with Crippen LogP contribution >= 0.6 is 15.9 Å². The molecule has 1 unspecified atom stereocenters. The standard InChI is InChI=1S/C31H30BrN5O/c32-28-20-35-37-29(28)14-4-10-24(17-30(37)34-19-22-7-5-15-33-18-22)25-11-6-16-36(21-25)31(38)27-13-3-9-23-8-1-2-12-26(23)27/h1-3,5,7-10,12-13,15,17-18,20,25,34H,4,6,11,14,16,19,21H2/b24-10-,30-17-. The van der Waals surface area contributed by atoms with Gasteiger partial charge in [0.2, 0.25) is 0 Å². The molecule has 1 fully saturated rings. The quantitative estimate of drug-likeness (QED) is 0.311. The van der Waals surface area contributed by atoms with Crippen molar-refractivity contribution in [3.63, 3.8) is 0 Å². The van der Waals surface area contributed by atoms with E-state index in [0.717, 1.165) is 76.7 Å². The molecule has 6 nitrogen and oxygen atoms in total. The molecule has 0 bridgehead atoms. The average molecular weight is 569 g/mol. The summed E-state index contributed by atoms with van der Waals surface area (Å²) < 4.78 is 3.03. The number of fused-ring (bicyclic) bond motifs is 2. The zero-order chi connectivity index (χ0) is 25.9. The Morgan fingerprint density at radius 1 is 1.08 bits per heavy atom. The van der Waals surface area contributed by atoms with Gasteiger partial charge < -0.3 is 10.2 Å². The molecular formula is C31H30BrN5O. The summed E-state index contributed by atoms with van der Waals surface area (Å²) in [7, 11) is 0. The number of likely N-dealkylation sites (tertiary alicyclic amines) is 1. The zero-order valence-corrected chi connectivity index (χ0v) is 22.8. The summed E-state index contributed by atoms with van der Waals surface area (Å²) in [5.74, 6) is 1.34. The Morgan fingerprint density at radius 3 is 2.87 bits per heavy atom. The van der Waals surface area contributed by atoms with Crippen LogP contribution in [0.1, 0.15) is 40.9 Å². The largest absolute Gasteiger partial charge is 0.366 e.